The third kappa shape index (κ3) is 4.95. The van der Waals surface area contributed by atoms with E-state index in [1.165, 1.54) is 12.4 Å². The molecule has 8 rings (SSSR count). The Morgan fingerprint density at radius 3 is 2.67 bits per heavy atom. The number of pyridine rings is 1. The highest BCUT2D eigenvalue weighted by molar-refractivity contribution is 5.87. The maximum absolute atomic E-state index is 15.9. The average Bonchev–Trinajstić information content (AvgIpc) is 3.69. The largest absolute Gasteiger partial charge is 0.363 e. The Hall–Kier alpha value is -4.24. The molecule has 4 aromatic rings. The van der Waals surface area contributed by atoms with E-state index in [-0.39, 0.29) is 17.2 Å². The molecular weight excluding hydrogens is 552 g/mol. The summed E-state index contributed by atoms with van der Waals surface area (Å²) in [5.41, 5.74) is 1.38. The molecule has 1 saturated heterocycles. The normalized spacial score (nSPS) is 24.6. The fourth-order valence-corrected chi connectivity index (χ4v) is 6.55. The molecule has 0 unspecified atom stereocenters. The third-order valence-electron chi connectivity index (χ3n) is 9.33. The minimum atomic E-state index is -2.97. The molecule has 1 saturated carbocycles. The highest BCUT2D eigenvalue weighted by atomic mass is 19.3. The molecular formula is C31H33F2N9O. The second-order valence-corrected chi connectivity index (χ2v) is 12.2. The fraction of sp³-hybridized carbons (Fsp3) is 0.484. The van der Waals surface area contributed by atoms with Crippen LogP contribution in [-0.4, -0.2) is 47.5 Å². The van der Waals surface area contributed by atoms with Crippen molar-refractivity contribution in [3.05, 3.63) is 75.6 Å². The van der Waals surface area contributed by atoms with Crippen LogP contribution in [0.15, 0.2) is 47.7 Å². The van der Waals surface area contributed by atoms with Crippen molar-refractivity contribution >= 4 is 16.9 Å². The van der Waals surface area contributed by atoms with Gasteiger partial charge in [-0.15, -0.1) is 5.10 Å². The van der Waals surface area contributed by atoms with Crippen molar-refractivity contribution < 1.29 is 8.78 Å². The van der Waals surface area contributed by atoms with Crippen molar-refractivity contribution in [3.63, 3.8) is 0 Å². The standard InChI is InChI=1S/C31H33F2N9O/c1-20-21-4-2-5-23(14-21)31(32,33)22-6-12-40(13-7-22)16-24-17-41(39-38-24)10-3-11-42-28-25(27(37-20)35-19-36-28)15-26(29(42)43)30(18-34)8-9-30/h2,4-5,14-15,17,19-20,22H,3,6-13,16H2,1H3,(H,35,36,37)/t20-/m1/s1. The van der Waals surface area contributed by atoms with Crippen molar-refractivity contribution in [1.29, 1.82) is 5.26 Å². The lowest BCUT2D eigenvalue weighted by atomic mass is 9.85. The number of nitrogens with zero attached hydrogens (tertiary/aromatic N) is 8. The van der Waals surface area contributed by atoms with E-state index in [1.807, 2.05) is 19.2 Å². The minimum absolute atomic E-state index is 0.0132. The Labute approximate surface area is 247 Å². The molecule has 12 heteroatoms. The topological polar surface area (TPSA) is 118 Å². The van der Waals surface area contributed by atoms with E-state index in [4.69, 9.17) is 0 Å². The summed E-state index contributed by atoms with van der Waals surface area (Å²) in [6, 6.07) is 10.4. The van der Waals surface area contributed by atoms with E-state index in [2.05, 4.69) is 36.6 Å². The van der Waals surface area contributed by atoms with Gasteiger partial charge >= 0.3 is 0 Å². The number of anilines is 1. The average molecular weight is 586 g/mol. The number of piperidine rings is 1. The second kappa shape index (κ2) is 10.5. The Morgan fingerprint density at radius 2 is 1.91 bits per heavy atom. The third-order valence-corrected chi connectivity index (χ3v) is 9.33. The Balaban J connectivity index is 1.33. The van der Waals surface area contributed by atoms with Gasteiger partial charge in [0, 0.05) is 48.9 Å². The van der Waals surface area contributed by atoms with Crippen molar-refractivity contribution in [1.82, 2.24) is 34.4 Å². The summed E-state index contributed by atoms with van der Waals surface area (Å²) in [7, 11) is 0. The molecule has 1 atom stereocenters. The maximum atomic E-state index is 15.9. The van der Waals surface area contributed by atoms with Crippen LogP contribution in [0.1, 0.15) is 67.5 Å². The molecule has 0 amide bonds. The monoisotopic (exact) mass is 585 g/mol. The lowest BCUT2D eigenvalue weighted by molar-refractivity contribution is -0.0861. The van der Waals surface area contributed by atoms with Crippen LogP contribution in [0.3, 0.4) is 0 Å². The predicted octanol–water partition coefficient (Wildman–Crippen LogP) is 4.52. The zero-order valence-electron chi connectivity index (χ0n) is 24.0. The molecule has 1 N–H and O–H groups in total. The van der Waals surface area contributed by atoms with Crippen molar-refractivity contribution in [3.8, 4) is 6.07 Å². The number of fused-ring (bicyclic) bond motifs is 5. The molecule has 0 spiro atoms. The lowest BCUT2D eigenvalue weighted by Gasteiger charge is -2.36. The first-order valence-electron chi connectivity index (χ1n) is 14.9. The minimum Gasteiger partial charge on any atom is -0.363 e. The van der Waals surface area contributed by atoms with E-state index >= 15 is 8.78 Å². The summed E-state index contributed by atoms with van der Waals surface area (Å²) >= 11 is 0. The Bertz CT molecular complexity index is 1780. The molecule has 6 heterocycles. The van der Waals surface area contributed by atoms with Crippen LogP contribution in [0.4, 0.5) is 14.6 Å². The summed E-state index contributed by atoms with van der Waals surface area (Å²) in [5.74, 6) is -3.23. The first-order valence-corrected chi connectivity index (χ1v) is 14.9. The van der Waals surface area contributed by atoms with Gasteiger partial charge in [-0.05, 0) is 69.8 Å². The number of aromatic nitrogens is 6. The maximum Gasteiger partial charge on any atom is 0.276 e. The quantitative estimate of drug-likeness (QED) is 0.347. The van der Waals surface area contributed by atoms with Gasteiger partial charge in [-0.1, -0.05) is 23.4 Å². The van der Waals surface area contributed by atoms with Crippen molar-refractivity contribution in [2.45, 2.75) is 76.0 Å². The first kappa shape index (κ1) is 27.6. The zero-order chi connectivity index (χ0) is 29.8. The van der Waals surface area contributed by atoms with E-state index in [0.717, 1.165) is 5.69 Å². The molecule has 3 aromatic heterocycles. The van der Waals surface area contributed by atoms with Gasteiger partial charge < -0.3 is 5.32 Å². The van der Waals surface area contributed by atoms with Crippen LogP contribution < -0.4 is 10.9 Å². The van der Waals surface area contributed by atoms with Gasteiger partial charge in [-0.2, -0.15) is 5.26 Å². The highest BCUT2D eigenvalue weighted by Crippen LogP contribution is 2.47. The fourth-order valence-electron chi connectivity index (χ4n) is 6.55. The van der Waals surface area contributed by atoms with Crippen molar-refractivity contribution in [2.75, 3.05) is 18.4 Å². The van der Waals surface area contributed by atoms with Gasteiger partial charge in [0.1, 0.15) is 17.8 Å². The first-order chi connectivity index (χ1) is 20.8. The van der Waals surface area contributed by atoms with Gasteiger partial charge in [0.15, 0.2) is 0 Å². The number of hydrogen-bond acceptors (Lipinski definition) is 8. The summed E-state index contributed by atoms with van der Waals surface area (Å²) in [4.78, 5) is 24.9. The van der Waals surface area contributed by atoms with Gasteiger partial charge in [0.2, 0.25) is 0 Å². The van der Waals surface area contributed by atoms with Crippen LogP contribution in [0, 0.1) is 17.2 Å². The highest BCUT2D eigenvalue weighted by Gasteiger charge is 2.47. The van der Waals surface area contributed by atoms with Gasteiger partial charge in [-0.25, -0.2) is 18.7 Å². The number of alkyl halides is 2. The number of halogens is 2. The number of rotatable bonds is 1. The summed E-state index contributed by atoms with van der Waals surface area (Å²) in [6.07, 6.45) is 5.92. The molecule has 3 aliphatic heterocycles. The summed E-state index contributed by atoms with van der Waals surface area (Å²) in [6.45, 7) is 4.50. The zero-order valence-corrected chi connectivity index (χ0v) is 24.0. The van der Waals surface area contributed by atoms with Gasteiger partial charge in [0.05, 0.1) is 22.6 Å². The molecule has 4 aliphatic rings. The Kier molecular flexibility index (Phi) is 6.73. The molecule has 10 bridgehead atoms. The van der Waals surface area contributed by atoms with Gasteiger partial charge in [-0.3, -0.25) is 18.9 Å². The predicted molar refractivity (Wildman–Crippen MR) is 155 cm³/mol. The van der Waals surface area contributed by atoms with E-state index in [0.29, 0.717) is 92.8 Å². The molecule has 1 aliphatic carbocycles. The van der Waals surface area contributed by atoms with Crippen LogP contribution in [0.5, 0.6) is 0 Å². The summed E-state index contributed by atoms with van der Waals surface area (Å²) < 4.78 is 35.1. The molecule has 10 nitrogen and oxygen atoms in total. The van der Waals surface area contributed by atoms with Crippen LogP contribution in [0.2, 0.25) is 0 Å². The molecule has 222 valence electrons. The van der Waals surface area contributed by atoms with Crippen LogP contribution in [0.25, 0.3) is 11.0 Å². The molecule has 43 heavy (non-hydrogen) atoms. The van der Waals surface area contributed by atoms with E-state index in [9.17, 15) is 10.1 Å². The van der Waals surface area contributed by atoms with Crippen LogP contribution in [-0.2, 0) is 31.0 Å². The number of nitriles is 1. The molecule has 1 aromatic carbocycles. The number of nitrogens with one attached hydrogen (secondary N) is 1. The SMILES string of the molecule is C[C@H]1Nc2ncnc3c2cc(C2(C#N)CC2)c(=O)n3CCCn2cc(nn2)CN2CCC(CC2)C(F)(F)c2cccc1c2. The number of hydrogen-bond donors (Lipinski definition) is 1. The Morgan fingerprint density at radius 1 is 1.09 bits per heavy atom. The second-order valence-electron chi connectivity index (χ2n) is 12.2. The van der Waals surface area contributed by atoms with Gasteiger partial charge in [0.25, 0.3) is 11.5 Å². The van der Waals surface area contributed by atoms with Crippen LogP contribution >= 0.6 is 0 Å². The lowest BCUT2D eigenvalue weighted by Crippen LogP contribution is -2.39. The smallest absolute Gasteiger partial charge is 0.276 e. The summed E-state index contributed by atoms with van der Waals surface area (Å²) in [5, 5.41) is 22.5. The number of benzene rings is 1. The van der Waals surface area contributed by atoms with E-state index in [1.54, 1.807) is 27.4 Å². The molecule has 0 radical (unpaired) electrons. The number of aryl methyl sites for hydroxylation is 2. The van der Waals surface area contributed by atoms with E-state index < -0.39 is 17.3 Å². The van der Waals surface area contributed by atoms with Crippen molar-refractivity contribution in [2.24, 2.45) is 5.92 Å². The molecule has 2 fully saturated rings.